The van der Waals surface area contributed by atoms with Crippen molar-refractivity contribution in [1.29, 1.82) is 0 Å². The third-order valence-electron chi connectivity index (χ3n) is 6.61. The molecule has 0 amide bonds. The summed E-state index contributed by atoms with van der Waals surface area (Å²) in [6.07, 6.45) is 7.53. The van der Waals surface area contributed by atoms with Gasteiger partial charge in [-0.05, 0) is 36.2 Å². The topological polar surface area (TPSA) is 65.5 Å². The normalized spacial score (nSPS) is 19.4. The van der Waals surface area contributed by atoms with E-state index in [0.717, 1.165) is 51.0 Å². The lowest BCUT2D eigenvalue weighted by molar-refractivity contribution is 0.122. The van der Waals surface area contributed by atoms with Crippen LogP contribution in [0.3, 0.4) is 0 Å². The summed E-state index contributed by atoms with van der Waals surface area (Å²) in [6.45, 7) is 4.83. The molecule has 0 unspecified atom stereocenters. The first-order chi connectivity index (χ1) is 15.7. The van der Waals surface area contributed by atoms with E-state index < -0.39 is 0 Å². The van der Waals surface area contributed by atoms with Gasteiger partial charge in [0.15, 0.2) is 5.11 Å². The van der Waals surface area contributed by atoms with E-state index >= 15 is 0 Å². The molecule has 1 aromatic carbocycles. The number of ether oxygens (including phenoxy) is 1. The number of rotatable bonds is 4. The molecule has 1 aromatic heterocycles. The highest BCUT2D eigenvalue weighted by molar-refractivity contribution is 7.80. The molecule has 2 fully saturated rings. The molecule has 1 saturated heterocycles. The Morgan fingerprint density at radius 2 is 1.53 bits per heavy atom. The average molecular weight is 453 g/mol. The van der Waals surface area contributed by atoms with Gasteiger partial charge in [-0.15, -0.1) is 0 Å². The Labute approximate surface area is 195 Å². The Balaban J connectivity index is 1.35. The van der Waals surface area contributed by atoms with E-state index in [0.29, 0.717) is 17.1 Å². The molecule has 0 atom stereocenters. The fourth-order valence-corrected chi connectivity index (χ4v) is 5.09. The number of anilines is 3. The van der Waals surface area contributed by atoms with Crippen molar-refractivity contribution in [3.63, 3.8) is 0 Å². The summed E-state index contributed by atoms with van der Waals surface area (Å²) in [6, 6.07) is 11.1. The van der Waals surface area contributed by atoms with Crippen LogP contribution in [0.2, 0.25) is 0 Å². The molecule has 7 nitrogen and oxygen atoms in total. The van der Waals surface area contributed by atoms with Gasteiger partial charge in [0.05, 0.1) is 13.2 Å². The molecule has 2 aromatic rings. The lowest BCUT2D eigenvalue weighted by atomic mass is 10.1. The Morgan fingerprint density at radius 3 is 2.19 bits per heavy atom. The molecule has 8 heteroatoms. The summed E-state index contributed by atoms with van der Waals surface area (Å²) < 4.78 is 5.54. The smallest absolute Gasteiger partial charge is 0.232 e. The fourth-order valence-electron chi connectivity index (χ4n) is 4.84. The minimum atomic E-state index is 0.437. The summed E-state index contributed by atoms with van der Waals surface area (Å²) in [4.78, 5) is 14.3. The van der Waals surface area contributed by atoms with Crippen LogP contribution in [0.15, 0.2) is 30.3 Å². The quantitative estimate of drug-likeness (QED) is 0.536. The van der Waals surface area contributed by atoms with Crippen molar-refractivity contribution in [3.05, 3.63) is 41.5 Å². The first-order valence-electron chi connectivity index (χ1n) is 11.9. The van der Waals surface area contributed by atoms with Crippen molar-refractivity contribution >= 4 is 34.9 Å². The van der Waals surface area contributed by atoms with Gasteiger partial charge in [-0.2, -0.15) is 9.97 Å². The maximum Gasteiger partial charge on any atom is 0.232 e. The predicted octanol–water partition coefficient (Wildman–Crippen LogP) is 3.84. The molecule has 1 saturated carbocycles. The summed E-state index contributed by atoms with van der Waals surface area (Å²) >= 11 is 5.65. The van der Waals surface area contributed by atoms with Gasteiger partial charge < -0.3 is 25.2 Å². The molecule has 1 aliphatic carbocycles. The van der Waals surface area contributed by atoms with Crippen molar-refractivity contribution in [2.75, 3.05) is 41.4 Å². The molecular weight excluding hydrogens is 420 g/mol. The third-order valence-corrected chi connectivity index (χ3v) is 6.83. The van der Waals surface area contributed by atoms with Crippen LogP contribution >= 0.6 is 12.2 Å². The van der Waals surface area contributed by atoms with Crippen LogP contribution in [-0.4, -0.2) is 47.4 Å². The lowest BCUT2D eigenvalue weighted by Crippen LogP contribution is -2.39. The third kappa shape index (κ3) is 5.13. The molecule has 32 heavy (non-hydrogen) atoms. The zero-order valence-electron chi connectivity index (χ0n) is 18.6. The highest BCUT2D eigenvalue weighted by Crippen LogP contribution is 2.30. The van der Waals surface area contributed by atoms with Gasteiger partial charge in [-0.1, -0.05) is 49.9 Å². The van der Waals surface area contributed by atoms with E-state index in [1.165, 1.54) is 49.7 Å². The first-order valence-corrected chi connectivity index (χ1v) is 12.3. The van der Waals surface area contributed by atoms with Gasteiger partial charge in [0.2, 0.25) is 5.95 Å². The lowest BCUT2D eigenvalue weighted by Gasteiger charge is -2.29. The van der Waals surface area contributed by atoms with Crippen molar-refractivity contribution < 1.29 is 4.74 Å². The van der Waals surface area contributed by atoms with Gasteiger partial charge >= 0.3 is 0 Å². The summed E-state index contributed by atoms with van der Waals surface area (Å²) in [5.41, 5.74) is 2.72. The standard InChI is InChI=1S/C24H32N6OS/c32-24(25-20-9-3-1-2-4-10-20)28-23-26-21(29-11-13-31-14-12-29)15-22(27-23)30-16-18-7-5-6-8-19(18)17-30/h5-8,15,20H,1-4,9-14,16-17H2,(H2,25,26,27,28,32). The minimum absolute atomic E-state index is 0.437. The molecule has 2 aliphatic heterocycles. The molecule has 0 spiro atoms. The molecule has 0 radical (unpaired) electrons. The van der Waals surface area contributed by atoms with E-state index in [1.807, 2.05) is 0 Å². The Morgan fingerprint density at radius 1 is 0.906 bits per heavy atom. The Kier molecular flexibility index (Phi) is 6.69. The second-order valence-corrected chi connectivity index (χ2v) is 9.33. The van der Waals surface area contributed by atoms with Gasteiger partial charge in [-0.3, -0.25) is 0 Å². The number of morpholine rings is 1. The number of hydrogen-bond donors (Lipinski definition) is 2. The minimum Gasteiger partial charge on any atom is -0.378 e. The van der Waals surface area contributed by atoms with Gasteiger partial charge in [0, 0.05) is 38.3 Å². The summed E-state index contributed by atoms with van der Waals surface area (Å²) in [5, 5.41) is 7.41. The van der Waals surface area contributed by atoms with Gasteiger partial charge in [0.1, 0.15) is 11.6 Å². The van der Waals surface area contributed by atoms with Crippen molar-refractivity contribution in [3.8, 4) is 0 Å². The molecule has 2 N–H and O–H groups in total. The molecule has 3 aliphatic rings. The van der Waals surface area contributed by atoms with Crippen LogP contribution < -0.4 is 20.4 Å². The van der Waals surface area contributed by atoms with Crippen molar-refractivity contribution in [2.45, 2.75) is 57.7 Å². The second kappa shape index (κ2) is 10.0. The summed E-state index contributed by atoms with van der Waals surface area (Å²) in [7, 11) is 0. The number of thiocarbonyl (C=S) groups is 1. The highest BCUT2D eigenvalue weighted by atomic mass is 32.1. The molecule has 0 bridgehead atoms. The summed E-state index contributed by atoms with van der Waals surface area (Å²) in [5.74, 6) is 2.41. The predicted molar refractivity (Wildman–Crippen MR) is 132 cm³/mol. The highest BCUT2D eigenvalue weighted by Gasteiger charge is 2.23. The monoisotopic (exact) mass is 452 g/mol. The zero-order chi connectivity index (χ0) is 21.8. The van der Waals surface area contributed by atoms with Crippen LogP contribution in [0.4, 0.5) is 17.6 Å². The number of hydrogen-bond acceptors (Lipinski definition) is 6. The SMILES string of the molecule is S=C(Nc1nc(N2CCOCC2)cc(N2Cc3ccccc3C2)n1)NC1CCCCCC1. The van der Waals surface area contributed by atoms with E-state index in [4.69, 9.17) is 26.9 Å². The maximum absolute atomic E-state index is 5.65. The number of benzene rings is 1. The van der Waals surface area contributed by atoms with Gasteiger partial charge in [0.25, 0.3) is 0 Å². The molecular formula is C24H32N6OS. The zero-order valence-corrected chi connectivity index (χ0v) is 19.4. The van der Waals surface area contributed by atoms with E-state index in [2.05, 4.69) is 50.8 Å². The van der Waals surface area contributed by atoms with Crippen LogP contribution in [0.1, 0.15) is 49.7 Å². The van der Waals surface area contributed by atoms with Crippen LogP contribution in [0, 0.1) is 0 Å². The Bertz CT molecular complexity index is 915. The largest absolute Gasteiger partial charge is 0.378 e. The molecule has 3 heterocycles. The Hall–Kier alpha value is -2.45. The number of nitrogens with zero attached hydrogens (tertiary/aromatic N) is 4. The molecule has 170 valence electrons. The van der Waals surface area contributed by atoms with Crippen LogP contribution in [-0.2, 0) is 17.8 Å². The van der Waals surface area contributed by atoms with Crippen molar-refractivity contribution in [2.24, 2.45) is 0 Å². The number of fused-ring (bicyclic) bond motifs is 1. The van der Waals surface area contributed by atoms with E-state index in [1.54, 1.807) is 0 Å². The van der Waals surface area contributed by atoms with E-state index in [9.17, 15) is 0 Å². The van der Waals surface area contributed by atoms with Crippen LogP contribution in [0.5, 0.6) is 0 Å². The van der Waals surface area contributed by atoms with Crippen molar-refractivity contribution in [1.82, 2.24) is 15.3 Å². The first kappa shape index (κ1) is 21.4. The van der Waals surface area contributed by atoms with E-state index in [-0.39, 0.29) is 0 Å². The van der Waals surface area contributed by atoms with Crippen LogP contribution in [0.25, 0.3) is 0 Å². The van der Waals surface area contributed by atoms with Gasteiger partial charge in [-0.25, -0.2) is 0 Å². The number of nitrogens with one attached hydrogen (secondary N) is 2. The fraction of sp³-hybridized carbons (Fsp3) is 0.542. The molecule has 5 rings (SSSR count). The number of aromatic nitrogens is 2. The maximum atomic E-state index is 5.65. The second-order valence-electron chi connectivity index (χ2n) is 8.92. The average Bonchev–Trinajstić information content (AvgIpc) is 3.10.